The van der Waals surface area contributed by atoms with Crippen LogP contribution in [-0.4, -0.2) is 76.5 Å². The molecule has 1 saturated heterocycles. The van der Waals surface area contributed by atoms with Gasteiger partial charge in [-0.2, -0.15) is 4.31 Å². The summed E-state index contributed by atoms with van der Waals surface area (Å²) in [6.07, 6.45) is 0.775. The lowest BCUT2D eigenvalue weighted by atomic mass is 10.1. The summed E-state index contributed by atoms with van der Waals surface area (Å²) in [4.78, 5) is 14.6. The van der Waals surface area contributed by atoms with Gasteiger partial charge in [0.15, 0.2) is 0 Å². The van der Waals surface area contributed by atoms with Gasteiger partial charge in [0.05, 0.1) is 4.90 Å². The average molecular weight is 412 g/mol. The van der Waals surface area contributed by atoms with E-state index in [1.807, 2.05) is 26.8 Å². The molecule has 158 valence electrons. The number of carbonyl (C=O) groups is 1. The Hall–Kier alpha value is -1.48. The highest BCUT2D eigenvalue weighted by atomic mass is 32.2. The van der Waals surface area contributed by atoms with Crippen molar-refractivity contribution < 1.29 is 17.9 Å². The standard InChI is InChI=1S/C20H33N3O4S/c1-16-14-18(3)19(15-17(16)2)28(25,26)23(9-5-13-27-4)10-6-20(24)22-11-7-21-8-12-22/h14-15,21H,5-13H2,1-4H3. The monoisotopic (exact) mass is 411 g/mol. The number of rotatable bonds is 9. The van der Waals surface area contributed by atoms with Gasteiger partial charge in [0.25, 0.3) is 0 Å². The minimum atomic E-state index is -3.68. The summed E-state index contributed by atoms with van der Waals surface area (Å²) >= 11 is 0. The van der Waals surface area contributed by atoms with Gasteiger partial charge in [0.2, 0.25) is 15.9 Å². The van der Waals surface area contributed by atoms with Gasteiger partial charge in [0, 0.05) is 59.4 Å². The van der Waals surface area contributed by atoms with Crippen molar-refractivity contribution in [3.8, 4) is 0 Å². The van der Waals surface area contributed by atoms with Crippen LogP contribution in [0.1, 0.15) is 29.5 Å². The van der Waals surface area contributed by atoms with E-state index in [0.29, 0.717) is 37.6 Å². The maximum absolute atomic E-state index is 13.3. The SMILES string of the molecule is COCCCN(CCC(=O)N1CCNCC1)S(=O)(=O)c1cc(C)c(C)cc1C. The third-order valence-corrected chi connectivity index (χ3v) is 7.25. The minimum Gasteiger partial charge on any atom is -0.385 e. The molecule has 1 aromatic carbocycles. The molecule has 1 aliphatic rings. The summed E-state index contributed by atoms with van der Waals surface area (Å²) in [6, 6.07) is 3.64. The van der Waals surface area contributed by atoms with Crippen LogP contribution in [0.5, 0.6) is 0 Å². The van der Waals surface area contributed by atoms with E-state index in [9.17, 15) is 13.2 Å². The molecular weight excluding hydrogens is 378 g/mol. The van der Waals surface area contributed by atoms with E-state index in [1.165, 1.54) is 4.31 Å². The van der Waals surface area contributed by atoms with Gasteiger partial charge in [-0.25, -0.2) is 8.42 Å². The molecule has 1 aromatic rings. The van der Waals surface area contributed by atoms with Crippen molar-refractivity contribution in [1.29, 1.82) is 0 Å². The number of piperazine rings is 1. The second-order valence-corrected chi connectivity index (χ2v) is 9.24. The van der Waals surface area contributed by atoms with Crippen LogP contribution in [-0.2, 0) is 19.6 Å². The first-order valence-electron chi connectivity index (χ1n) is 9.82. The van der Waals surface area contributed by atoms with E-state index in [4.69, 9.17) is 4.74 Å². The third kappa shape index (κ3) is 5.76. The van der Waals surface area contributed by atoms with E-state index < -0.39 is 10.0 Å². The molecule has 1 fully saturated rings. The van der Waals surface area contributed by atoms with Crippen molar-refractivity contribution in [3.63, 3.8) is 0 Å². The zero-order chi connectivity index (χ0) is 20.7. The van der Waals surface area contributed by atoms with Crippen molar-refractivity contribution in [1.82, 2.24) is 14.5 Å². The first kappa shape index (κ1) is 22.8. The number of methoxy groups -OCH3 is 1. The maximum Gasteiger partial charge on any atom is 0.243 e. The molecule has 1 amide bonds. The molecule has 1 N–H and O–H groups in total. The molecule has 28 heavy (non-hydrogen) atoms. The number of aryl methyl sites for hydroxylation is 3. The van der Waals surface area contributed by atoms with Gasteiger partial charge < -0.3 is 15.0 Å². The quantitative estimate of drug-likeness (QED) is 0.623. The minimum absolute atomic E-state index is 0.00486. The number of ether oxygens (including phenoxy) is 1. The fraction of sp³-hybridized carbons (Fsp3) is 0.650. The highest BCUT2D eigenvalue weighted by molar-refractivity contribution is 7.89. The molecule has 0 saturated carbocycles. The summed E-state index contributed by atoms with van der Waals surface area (Å²) in [7, 11) is -2.09. The molecule has 2 rings (SSSR count). The van der Waals surface area contributed by atoms with E-state index in [1.54, 1.807) is 18.1 Å². The van der Waals surface area contributed by atoms with Gasteiger partial charge in [-0.3, -0.25) is 4.79 Å². The molecule has 0 aliphatic carbocycles. The van der Waals surface area contributed by atoms with Gasteiger partial charge in [-0.1, -0.05) is 6.07 Å². The van der Waals surface area contributed by atoms with Crippen LogP contribution in [0.4, 0.5) is 0 Å². The van der Waals surface area contributed by atoms with E-state index in [2.05, 4.69) is 5.32 Å². The van der Waals surface area contributed by atoms with E-state index in [-0.39, 0.29) is 18.9 Å². The van der Waals surface area contributed by atoms with E-state index in [0.717, 1.165) is 29.8 Å². The van der Waals surface area contributed by atoms with Crippen LogP contribution in [0.25, 0.3) is 0 Å². The Labute approximate surface area is 169 Å². The number of hydrogen-bond acceptors (Lipinski definition) is 5. The highest BCUT2D eigenvalue weighted by Crippen LogP contribution is 2.24. The number of sulfonamides is 1. The second kappa shape index (κ2) is 10.3. The lowest BCUT2D eigenvalue weighted by molar-refractivity contribution is -0.131. The molecule has 0 radical (unpaired) electrons. The number of nitrogens with one attached hydrogen (secondary N) is 1. The van der Waals surface area contributed by atoms with Crippen LogP contribution in [0.2, 0.25) is 0 Å². The van der Waals surface area contributed by atoms with Crippen molar-refractivity contribution >= 4 is 15.9 Å². The van der Waals surface area contributed by atoms with Crippen LogP contribution in [0.3, 0.4) is 0 Å². The summed E-state index contributed by atoms with van der Waals surface area (Å²) in [5.74, 6) is 0.00486. The molecule has 0 bridgehead atoms. The largest absolute Gasteiger partial charge is 0.385 e. The van der Waals surface area contributed by atoms with E-state index >= 15 is 0 Å². The molecule has 7 nitrogen and oxygen atoms in total. The Morgan fingerprint density at radius 1 is 1.11 bits per heavy atom. The summed E-state index contributed by atoms with van der Waals surface area (Å²) in [5, 5.41) is 3.22. The highest BCUT2D eigenvalue weighted by Gasteiger charge is 2.27. The summed E-state index contributed by atoms with van der Waals surface area (Å²) < 4.78 is 33.2. The normalized spacial score (nSPS) is 15.2. The number of amides is 1. The fourth-order valence-electron chi connectivity index (χ4n) is 3.38. The Kier molecular flexibility index (Phi) is 8.42. The van der Waals surface area contributed by atoms with Crippen molar-refractivity contribution in [2.75, 3.05) is 53.0 Å². The van der Waals surface area contributed by atoms with Gasteiger partial charge >= 0.3 is 0 Å². The fourth-order valence-corrected chi connectivity index (χ4v) is 5.15. The zero-order valence-corrected chi connectivity index (χ0v) is 18.3. The molecule has 1 aliphatic heterocycles. The number of nitrogens with zero attached hydrogens (tertiary/aromatic N) is 2. The zero-order valence-electron chi connectivity index (χ0n) is 17.5. The molecule has 0 spiro atoms. The Bertz CT molecular complexity index is 774. The molecule has 0 atom stereocenters. The second-order valence-electron chi connectivity index (χ2n) is 7.33. The van der Waals surface area contributed by atoms with Gasteiger partial charge in [0.1, 0.15) is 0 Å². The summed E-state index contributed by atoms with van der Waals surface area (Å²) in [6.45, 7) is 9.60. The first-order valence-corrected chi connectivity index (χ1v) is 11.3. The maximum atomic E-state index is 13.3. The Morgan fingerprint density at radius 2 is 1.75 bits per heavy atom. The van der Waals surface area contributed by atoms with Gasteiger partial charge in [-0.15, -0.1) is 0 Å². The average Bonchev–Trinajstić information content (AvgIpc) is 2.67. The van der Waals surface area contributed by atoms with Crippen molar-refractivity contribution in [3.05, 3.63) is 28.8 Å². The number of hydrogen-bond donors (Lipinski definition) is 1. The van der Waals surface area contributed by atoms with Gasteiger partial charge in [-0.05, 0) is 49.9 Å². The lowest BCUT2D eigenvalue weighted by Gasteiger charge is -2.29. The summed E-state index contributed by atoms with van der Waals surface area (Å²) in [5.41, 5.74) is 2.74. The Balaban J connectivity index is 2.18. The predicted molar refractivity (Wildman–Crippen MR) is 110 cm³/mol. The third-order valence-electron chi connectivity index (χ3n) is 5.21. The van der Waals surface area contributed by atoms with Crippen LogP contribution in [0, 0.1) is 20.8 Å². The molecule has 1 heterocycles. The molecule has 0 unspecified atom stereocenters. The molecule has 0 aromatic heterocycles. The van der Waals surface area contributed by atoms with Crippen LogP contribution >= 0.6 is 0 Å². The first-order chi connectivity index (χ1) is 13.3. The number of benzene rings is 1. The number of carbonyl (C=O) groups excluding carboxylic acids is 1. The van der Waals surface area contributed by atoms with Crippen molar-refractivity contribution in [2.24, 2.45) is 0 Å². The topological polar surface area (TPSA) is 79.0 Å². The molecular formula is C20H33N3O4S. The smallest absolute Gasteiger partial charge is 0.243 e. The lowest BCUT2D eigenvalue weighted by Crippen LogP contribution is -2.47. The predicted octanol–water partition coefficient (Wildman–Crippen LogP) is 1.46. The van der Waals surface area contributed by atoms with Crippen molar-refractivity contribution in [2.45, 2.75) is 38.5 Å². The van der Waals surface area contributed by atoms with Crippen LogP contribution < -0.4 is 5.32 Å². The Morgan fingerprint density at radius 3 is 2.39 bits per heavy atom. The van der Waals surface area contributed by atoms with Crippen LogP contribution in [0.15, 0.2) is 17.0 Å². The molecule has 8 heteroatoms.